The number of hydrogen-bond donors (Lipinski definition) is 1. The molecule has 0 radical (unpaired) electrons. The summed E-state index contributed by atoms with van der Waals surface area (Å²) < 4.78 is 11.6. The number of para-hydroxylation sites is 1. The first-order valence-electron chi connectivity index (χ1n) is 8.54. The van der Waals surface area contributed by atoms with Crippen molar-refractivity contribution in [3.63, 3.8) is 0 Å². The van der Waals surface area contributed by atoms with Gasteiger partial charge in [-0.1, -0.05) is 23.7 Å². The lowest BCUT2D eigenvalue weighted by Crippen LogP contribution is -2.45. The summed E-state index contributed by atoms with van der Waals surface area (Å²) in [6.07, 6.45) is 1.70. The predicted molar refractivity (Wildman–Crippen MR) is 97.6 cm³/mol. The van der Waals surface area contributed by atoms with Gasteiger partial charge >= 0.3 is 0 Å². The van der Waals surface area contributed by atoms with Gasteiger partial charge in [0, 0.05) is 32.0 Å². The molecule has 0 aliphatic carbocycles. The van der Waals surface area contributed by atoms with Gasteiger partial charge in [-0.2, -0.15) is 0 Å². The number of aryl methyl sites for hydroxylation is 1. The second-order valence-electron chi connectivity index (χ2n) is 6.36. The number of piperidine rings is 1. The van der Waals surface area contributed by atoms with Crippen molar-refractivity contribution in [2.45, 2.75) is 25.6 Å². The average molecular weight is 361 g/mol. The van der Waals surface area contributed by atoms with E-state index in [1.807, 2.05) is 37.3 Å². The Hall–Kier alpha value is -1.89. The Balaban J connectivity index is 1.51. The standard InChI is InChI=1S/C18H21ClN4O2/c1-13-20-16(22-15-5-3-2-4-14(15)19)12-17(21-13)23-8-6-18(7-9-23)24-10-11-25-18/h2-5,12H,6-11H2,1H3,(H,20,21,22). The first kappa shape index (κ1) is 16.6. The van der Waals surface area contributed by atoms with Crippen molar-refractivity contribution in [2.75, 3.05) is 36.5 Å². The van der Waals surface area contributed by atoms with Gasteiger partial charge in [0.2, 0.25) is 0 Å². The predicted octanol–water partition coefficient (Wildman–Crippen LogP) is 3.53. The van der Waals surface area contributed by atoms with Crippen molar-refractivity contribution in [1.82, 2.24) is 9.97 Å². The molecular weight excluding hydrogens is 340 g/mol. The van der Waals surface area contributed by atoms with E-state index in [-0.39, 0.29) is 5.79 Å². The minimum atomic E-state index is -0.378. The number of hydrogen-bond acceptors (Lipinski definition) is 6. The maximum atomic E-state index is 6.23. The van der Waals surface area contributed by atoms with Crippen molar-refractivity contribution < 1.29 is 9.47 Å². The van der Waals surface area contributed by atoms with Crippen molar-refractivity contribution in [2.24, 2.45) is 0 Å². The molecule has 4 rings (SSSR count). The highest BCUT2D eigenvalue weighted by Crippen LogP contribution is 2.33. The molecule has 1 aromatic heterocycles. The van der Waals surface area contributed by atoms with Crippen LogP contribution in [-0.2, 0) is 9.47 Å². The monoisotopic (exact) mass is 360 g/mol. The van der Waals surface area contributed by atoms with Crippen LogP contribution in [0.1, 0.15) is 18.7 Å². The first-order valence-corrected chi connectivity index (χ1v) is 8.91. The molecule has 2 aliphatic heterocycles. The average Bonchev–Trinajstić information content (AvgIpc) is 3.05. The molecular formula is C18H21ClN4O2. The Morgan fingerprint density at radius 3 is 2.56 bits per heavy atom. The van der Waals surface area contributed by atoms with Gasteiger partial charge in [0.1, 0.15) is 17.5 Å². The highest BCUT2D eigenvalue weighted by atomic mass is 35.5. The number of rotatable bonds is 3. The van der Waals surface area contributed by atoms with E-state index in [0.717, 1.165) is 49.1 Å². The van der Waals surface area contributed by atoms with Crippen LogP contribution in [0.3, 0.4) is 0 Å². The number of anilines is 3. The third-order valence-electron chi connectivity index (χ3n) is 4.62. The van der Waals surface area contributed by atoms with Gasteiger partial charge in [-0.15, -0.1) is 0 Å². The lowest BCUT2D eigenvalue weighted by Gasteiger charge is -2.38. The number of ether oxygens (including phenoxy) is 2. The summed E-state index contributed by atoms with van der Waals surface area (Å²) in [5.41, 5.74) is 0.832. The molecule has 2 fully saturated rings. The van der Waals surface area contributed by atoms with Gasteiger partial charge < -0.3 is 19.7 Å². The Labute approximate surface area is 152 Å². The fraction of sp³-hybridized carbons (Fsp3) is 0.444. The first-order chi connectivity index (χ1) is 12.1. The molecule has 2 saturated heterocycles. The number of nitrogens with one attached hydrogen (secondary N) is 1. The Morgan fingerprint density at radius 1 is 1.12 bits per heavy atom. The fourth-order valence-electron chi connectivity index (χ4n) is 3.34. The number of halogens is 1. The van der Waals surface area contributed by atoms with Gasteiger partial charge in [0.25, 0.3) is 0 Å². The van der Waals surface area contributed by atoms with Crippen LogP contribution in [-0.4, -0.2) is 42.1 Å². The molecule has 132 valence electrons. The third kappa shape index (κ3) is 3.56. The van der Waals surface area contributed by atoms with Crippen LogP contribution in [0.15, 0.2) is 30.3 Å². The molecule has 1 N–H and O–H groups in total. The molecule has 0 unspecified atom stereocenters. The van der Waals surface area contributed by atoms with E-state index in [0.29, 0.717) is 18.2 Å². The molecule has 2 aromatic rings. The molecule has 6 nitrogen and oxygen atoms in total. The Morgan fingerprint density at radius 2 is 1.84 bits per heavy atom. The fourth-order valence-corrected chi connectivity index (χ4v) is 3.52. The van der Waals surface area contributed by atoms with Gasteiger partial charge in [-0.25, -0.2) is 9.97 Å². The molecule has 7 heteroatoms. The SMILES string of the molecule is Cc1nc(Nc2ccccc2Cl)cc(N2CCC3(CC2)OCCO3)n1. The molecule has 25 heavy (non-hydrogen) atoms. The maximum Gasteiger partial charge on any atom is 0.171 e. The smallest absolute Gasteiger partial charge is 0.171 e. The van der Waals surface area contributed by atoms with E-state index in [1.54, 1.807) is 0 Å². The van der Waals surface area contributed by atoms with E-state index in [2.05, 4.69) is 20.2 Å². The molecule has 1 spiro atoms. The van der Waals surface area contributed by atoms with Gasteiger partial charge in [-0.05, 0) is 19.1 Å². The van der Waals surface area contributed by atoms with Crippen LogP contribution in [0.5, 0.6) is 0 Å². The molecule has 0 atom stereocenters. The maximum absolute atomic E-state index is 6.23. The van der Waals surface area contributed by atoms with Crippen LogP contribution in [0.2, 0.25) is 5.02 Å². The van der Waals surface area contributed by atoms with Gasteiger partial charge in [0.15, 0.2) is 5.79 Å². The van der Waals surface area contributed by atoms with Crippen molar-refractivity contribution in [1.29, 1.82) is 0 Å². The van der Waals surface area contributed by atoms with E-state index >= 15 is 0 Å². The minimum absolute atomic E-state index is 0.378. The number of benzene rings is 1. The number of aromatic nitrogens is 2. The van der Waals surface area contributed by atoms with E-state index < -0.39 is 0 Å². The lowest BCUT2D eigenvalue weighted by molar-refractivity contribution is -0.169. The lowest BCUT2D eigenvalue weighted by atomic mass is 10.0. The van der Waals surface area contributed by atoms with Gasteiger partial charge in [0.05, 0.1) is 23.9 Å². The minimum Gasteiger partial charge on any atom is -0.356 e. The molecule has 0 amide bonds. The normalized spacial score (nSPS) is 19.4. The van der Waals surface area contributed by atoms with E-state index in [1.165, 1.54) is 0 Å². The highest BCUT2D eigenvalue weighted by Gasteiger charge is 2.40. The third-order valence-corrected chi connectivity index (χ3v) is 4.95. The molecule has 1 aromatic carbocycles. The molecule has 0 bridgehead atoms. The Kier molecular flexibility index (Phi) is 4.50. The largest absolute Gasteiger partial charge is 0.356 e. The van der Waals surface area contributed by atoms with Crippen molar-refractivity contribution in [3.05, 3.63) is 41.2 Å². The van der Waals surface area contributed by atoms with Crippen molar-refractivity contribution >= 4 is 28.9 Å². The topological polar surface area (TPSA) is 59.5 Å². The quantitative estimate of drug-likeness (QED) is 0.903. The number of nitrogens with zero attached hydrogens (tertiary/aromatic N) is 3. The summed E-state index contributed by atoms with van der Waals surface area (Å²) in [6, 6.07) is 9.59. The second-order valence-corrected chi connectivity index (χ2v) is 6.77. The van der Waals surface area contributed by atoms with E-state index in [4.69, 9.17) is 21.1 Å². The van der Waals surface area contributed by atoms with Crippen LogP contribution >= 0.6 is 11.6 Å². The van der Waals surface area contributed by atoms with Crippen LogP contribution < -0.4 is 10.2 Å². The zero-order valence-corrected chi connectivity index (χ0v) is 14.9. The zero-order valence-electron chi connectivity index (χ0n) is 14.2. The van der Waals surface area contributed by atoms with Crippen LogP contribution in [0.25, 0.3) is 0 Å². The molecule has 0 saturated carbocycles. The molecule has 3 heterocycles. The van der Waals surface area contributed by atoms with Crippen LogP contribution in [0, 0.1) is 6.92 Å². The van der Waals surface area contributed by atoms with Crippen LogP contribution in [0.4, 0.5) is 17.3 Å². The Bertz CT molecular complexity index is 754. The highest BCUT2D eigenvalue weighted by molar-refractivity contribution is 6.33. The second kappa shape index (κ2) is 6.78. The van der Waals surface area contributed by atoms with Gasteiger partial charge in [-0.3, -0.25) is 0 Å². The van der Waals surface area contributed by atoms with Crippen molar-refractivity contribution in [3.8, 4) is 0 Å². The summed E-state index contributed by atoms with van der Waals surface area (Å²) in [7, 11) is 0. The summed E-state index contributed by atoms with van der Waals surface area (Å²) in [6.45, 7) is 4.98. The zero-order chi connectivity index (χ0) is 17.3. The van der Waals surface area contributed by atoms with E-state index in [9.17, 15) is 0 Å². The summed E-state index contributed by atoms with van der Waals surface area (Å²) in [5.74, 6) is 2.00. The summed E-state index contributed by atoms with van der Waals surface area (Å²) >= 11 is 6.23. The molecule has 2 aliphatic rings. The summed E-state index contributed by atoms with van der Waals surface area (Å²) in [4.78, 5) is 11.3. The summed E-state index contributed by atoms with van der Waals surface area (Å²) in [5, 5.41) is 3.94.